The van der Waals surface area contributed by atoms with E-state index in [-0.39, 0.29) is 11.3 Å². The number of halogens is 1. The van der Waals surface area contributed by atoms with Crippen molar-refractivity contribution >= 4 is 27.4 Å². The lowest BCUT2D eigenvalue weighted by Gasteiger charge is -2.22. The largest absolute Gasteiger partial charge is 0.480 e. The van der Waals surface area contributed by atoms with Gasteiger partial charge in [0.1, 0.15) is 12.4 Å². The van der Waals surface area contributed by atoms with Crippen molar-refractivity contribution in [3.63, 3.8) is 0 Å². The molecule has 0 aliphatic heterocycles. The van der Waals surface area contributed by atoms with Gasteiger partial charge in [0.15, 0.2) is 0 Å². The third-order valence-electron chi connectivity index (χ3n) is 3.34. The van der Waals surface area contributed by atoms with Crippen LogP contribution >= 0.6 is 0 Å². The van der Waals surface area contributed by atoms with Gasteiger partial charge in [-0.3, -0.25) is 19.2 Å². The number of anilines is 1. The van der Waals surface area contributed by atoms with E-state index in [2.05, 4.69) is 0 Å². The second kappa shape index (κ2) is 6.85. The van der Waals surface area contributed by atoms with Crippen molar-refractivity contribution in [1.29, 1.82) is 0 Å². The molecule has 25 heavy (non-hydrogen) atoms. The van der Waals surface area contributed by atoms with E-state index in [0.717, 1.165) is 24.3 Å². The molecule has 10 heteroatoms. The number of nitro groups is 1. The molecule has 0 fully saturated rings. The zero-order chi connectivity index (χ0) is 18.8. The molecule has 132 valence electrons. The molecule has 2 rings (SSSR count). The minimum Gasteiger partial charge on any atom is -0.480 e. The van der Waals surface area contributed by atoms with Gasteiger partial charge in [-0.2, -0.15) is 0 Å². The van der Waals surface area contributed by atoms with Crippen LogP contribution < -0.4 is 4.31 Å². The molecule has 0 atom stereocenters. The number of nitrogens with zero attached hydrogens (tertiary/aromatic N) is 2. The van der Waals surface area contributed by atoms with Gasteiger partial charge >= 0.3 is 5.97 Å². The normalized spacial score (nSPS) is 11.1. The highest BCUT2D eigenvalue weighted by atomic mass is 32.2. The maximum Gasteiger partial charge on any atom is 0.324 e. The smallest absolute Gasteiger partial charge is 0.324 e. The van der Waals surface area contributed by atoms with Crippen LogP contribution in [0.1, 0.15) is 5.56 Å². The summed E-state index contributed by atoms with van der Waals surface area (Å²) in [6.45, 7) is 0.476. The van der Waals surface area contributed by atoms with Gasteiger partial charge < -0.3 is 5.11 Å². The number of hydrogen-bond acceptors (Lipinski definition) is 5. The van der Waals surface area contributed by atoms with Crippen molar-refractivity contribution in [2.45, 2.75) is 11.8 Å². The number of nitro benzene ring substituents is 1. The predicted molar refractivity (Wildman–Crippen MR) is 86.4 cm³/mol. The summed E-state index contributed by atoms with van der Waals surface area (Å²) in [4.78, 5) is 20.9. The van der Waals surface area contributed by atoms with E-state index >= 15 is 0 Å². The molecule has 0 heterocycles. The first-order valence-corrected chi connectivity index (χ1v) is 8.32. The number of aliphatic carboxylic acids is 1. The fraction of sp³-hybridized carbons (Fsp3) is 0.133. The lowest BCUT2D eigenvalue weighted by atomic mass is 10.2. The molecule has 0 aliphatic carbocycles. The molecular formula is C15H13FN2O6S. The Morgan fingerprint density at radius 3 is 2.52 bits per heavy atom. The molecule has 1 N–H and O–H groups in total. The molecule has 2 aromatic rings. The molecule has 0 bridgehead atoms. The summed E-state index contributed by atoms with van der Waals surface area (Å²) in [6.07, 6.45) is 0. The summed E-state index contributed by atoms with van der Waals surface area (Å²) in [5.74, 6) is -2.22. The Bertz CT molecular complexity index is 945. The molecule has 2 aromatic carbocycles. The van der Waals surface area contributed by atoms with Crippen LogP contribution in [0.15, 0.2) is 47.4 Å². The molecule has 0 spiro atoms. The van der Waals surface area contributed by atoms with Crippen LogP contribution in [-0.2, 0) is 14.8 Å². The first-order chi connectivity index (χ1) is 11.6. The Labute approximate surface area is 142 Å². The van der Waals surface area contributed by atoms with Crippen molar-refractivity contribution in [2.24, 2.45) is 0 Å². The SMILES string of the molecule is Cc1ccc(S(=O)(=O)N(CC(=O)O)c2cccc(F)c2)cc1[N+](=O)[O-]. The van der Waals surface area contributed by atoms with E-state index in [1.54, 1.807) is 0 Å². The molecule has 0 unspecified atom stereocenters. The van der Waals surface area contributed by atoms with Crippen LogP contribution in [0.3, 0.4) is 0 Å². The molecule has 0 amide bonds. The maximum absolute atomic E-state index is 13.4. The molecule has 0 aromatic heterocycles. The quantitative estimate of drug-likeness (QED) is 0.617. The summed E-state index contributed by atoms with van der Waals surface area (Å²) in [5.41, 5.74) is -0.374. The minimum absolute atomic E-state index is 0.203. The van der Waals surface area contributed by atoms with Gasteiger partial charge in [0, 0.05) is 11.6 Å². The Morgan fingerprint density at radius 2 is 1.96 bits per heavy atom. The van der Waals surface area contributed by atoms with Crippen LogP contribution in [0.25, 0.3) is 0 Å². The number of carboxylic acid groups (broad SMARTS) is 1. The summed E-state index contributed by atoms with van der Waals surface area (Å²) < 4.78 is 39.5. The molecule has 0 saturated carbocycles. The van der Waals surface area contributed by atoms with E-state index < -0.39 is 43.9 Å². The number of hydrogen-bond donors (Lipinski definition) is 1. The summed E-state index contributed by atoms with van der Waals surface area (Å²) >= 11 is 0. The maximum atomic E-state index is 13.4. The average molecular weight is 368 g/mol. The van der Waals surface area contributed by atoms with Gasteiger partial charge in [-0.15, -0.1) is 0 Å². The molecule has 0 saturated heterocycles. The number of sulfonamides is 1. The summed E-state index contributed by atoms with van der Waals surface area (Å²) in [7, 11) is -4.46. The van der Waals surface area contributed by atoms with Crippen LogP contribution in [0.2, 0.25) is 0 Å². The van der Waals surface area contributed by atoms with Gasteiger partial charge in [-0.25, -0.2) is 12.8 Å². The fourth-order valence-corrected chi connectivity index (χ4v) is 3.57. The van der Waals surface area contributed by atoms with Gasteiger partial charge in [0.25, 0.3) is 15.7 Å². The van der Waals surface area contributed by atoms with Crippen molar-refractivity contribution in [2.75, 3.05) is 10.8 Å². The number of carbonyl (C=O) groups is 1. The Kier molecular flexibility index (Phi) is 5.02. The Hall–Kier alpha value is -3.01. The molecule has 0 radical (unpaired) electrons. The zero-order valence-corrected chi connectivity index (χ0v) is 13.7. The lowest BCUT2D eigenvalue weighted by molar-refractivity contribution is -0.385. The third kappa shape index (κ3) is 3.91. The van der Waals surface area contributed by atoms with E-state index in [1.165, 1.54) is 25.1 Å². The van der Waals surface area contributed by atoms with Crippen LogP contribution in [0.5, 0.6) is 0 Å². The standard InChI is InChI=1S/C15H13FN2O6S/c1-10-5-6-13(8-14(10)18(21)22)25(23,24)17(9-15(19)20)12-4-2-3-11(16)7-12/h2-8H,9H2,1H3,(H,19,20). The Morgan fingerprint density at radius 1 is 1.28 bits per heavy atom. The van der Waals surface area contributed by atoms with Gasteiger partial charge in [0.2, 0.25) is 0 Å². The Balaban J connectivity index is 2.61. The van der Waals surface area contributed by atoms with Gasteiger partial charge in [-0.1, -0.05) is 12.1 Å². The van der Waals surface area contributed by atoms with Gasteiger partial charge in [-0.05, 0) is 31.2 Å². The summed E-state index contributed by atoms with van der Waals surface area (Å²) in [6, 6.07) is 7.62. The van der Waals surface area contributed by atoms with Crippen molar-refractivity contribution in [3.05, 3.63) is 64.0 Å². The van der Waals surface area contributed by atoms with Crippen molar-refractivity contribution < 1.29 is 27.6 Å². The highest BCUT2D eigenvalue weighted by Gasteiger charge is 2.29. The molecular weight excluding hydrogens is 355 g/mol. The fourth-order valence-electron chi connectivity index (χ4n) is 2.14. The lowest BCUT2D eigenvalue weighted by Crippen LogP contribution is -2.35. The first-order valence-electron chi connectivity index (χ1n) is 6.88. The van der Waals surface area contributed by atoms with Crippen molar-refractivity contribution in [3.8, 4) is 0 Å². The second-order valence-corrected chi connectivity index (χ2v) is 6.95. The summed E-state index contributed by atoms with van der Waals surface area (Å²) in [5, 5.41) is 20.0. The monoisotopic (exact) mass is 368 g/mol. The van der Waals surface area contributed by atoms with Crippen LogP contribution in [0, 0.1) is 22.9 Å². The van der Waals surface area contributed by atoms with E-state index in [4.69, 9.17) is 5.11 Å². The number of carboxylic acids is 1. The van der Waals surface area contributed by atoms with Gasteiger partial charge in [0.05, 0.1) is 15.5 Å². The van der Waals surface area contributed by atoms with Crippen LogP contribution in [0.4, 0.5) is 15.8 Å². The third-order valence-corrected chi connectivity index (χ3v) is 5.11. The van der Waals surface area contributed by atoms with E-state index in [0.29, 0.717) is 4.31 Å². The average Bonchev–Trinajstić information content (AvgIpc) is 2.52. The predicted octanol–water partition coefficient (Wildman–Crippen LogP) is 2.32. The van der Waals surface area contributed by atoms with Crippen molar-refractivity contribution in [1.82, 2.24) is 0 Å². The molecule has 8 nitrogen and oxygen atoms in total. The van der Waals surface area contributed by atoms with Crippen LogP contribution in [-0.4, -0.2) is 31.0 Å². The minimum atomic E-state index is -4.46. The van der Waals surface area contributed by atoms with E-state index in [9.17, 15) is 27.7 Å². The second-order valence-electron chi connectivity index (χ2n) is 5.09. The first kappa shape index (κ1) is 18.3. The highest BCUT2D eigenvalue weighted by Crippen LogP contribution is 2.28. The molecule has 0 aliphatic rings. The van der Waals surface area contributed by atoms with E-state index in [1.807, 2.05) is 0 Å². The number of aryl methyl sites for hydroxylation is 1. The highest BCUT2D eigenvalue weighted by molar-refractivity contribution is 7.92. The number of benzene rings is 2. The number of rotatable bonds is 6. The topological polar surface area (TPSA) is 118 Å². The zero-order valence-electron chi connectivity index (χ0n) is 12.9.